The maximum Gasteiger partial charge on any atom is 0.438 e. The molecule has 0 bridgehead atoms. The van der Waals surface area contributed by atoms with Gasteiger partial charge in [-0.25, -0.2) is 4.79 Å². The molecule has 0 fully saturated rings. The normalized spacial score (nSPS) is 12.7. The fraction of sp³-hybridized carbons (Fsp3) is 0.500. The van der Waals surface area contributed by atoms with E-state index in [9.17, 15) is 49.1 Å². The van der Waals surface area contributed by atoms with Crippen molar-refractivity contribution in [1.29, 1.82) is 0 Å². The zero-order chi connectivity index (χ0) is 29.1. The first kappa shape index (κ1) is 32.3. The van der Waals surface area contributed by atoms with Gasteiger partial charge in [0.25, 0.3) is 10.1 Å². The van der Waals surface area contributed by atoms with Crippen molar-refractivity contribution in [3.8, 4) is 0 Å². The van der Waals surface area contributed by atoms with Gasteiger partial charge >= 0.3 is 23.9 Å². The van der Waals surface area contributed by atoms with Gasteiger partial charge in [-0.15, -0.1) is 0 Å². The van der Waals surface area contributed by atoms with Crippen LogP contribution >= 0.6 is 0 Å². The van der Waals surface area contributed by atoms with E-state index in [1.165, 1.54) is 0 Å². The van der Waals surface area contributed by atoms with Crippen LogP contribution in [0.3, 0.4) is 0 Å². The zero-order valence-corrected chi connectivity index (χ0v) is 19.9. The highest BCUT2D eigenvalue weighted by molar-refractivity contribution is 7.85. The van der Waals surface area contributed by atoms with E-state index >= 15 is 0 Å². The Bertz CT molecular complexity index is 1130. The molecule has 1 aromatic rings. The fourth-order valence-corrected chi connectivity index (χ4v) is 4.27. The van der Waals surface area contributed by atoms with Gasteiger partial charge in [-0.2, -0.15) is 34.8 Å². The number of esters is 1. The molecule has 198 valence electrons. The van der Waals surface area contributed by atoms with Gasteiger partial charge < -0.3 is 15.4 Å². The summed E-state index contributed by atoms with van der Waals surface area (Å²) in [4.78, 5) is 36.5. The molecular formula is C18H17B3F6N2O7S. The Morgan fingerprint density at radius 1 is 0.811 bits per heavy atom. The summed E-state index contributed by atoms with van der Waals surface area (Å²) >= 11 is 0. The maximum atomic E-state index is 13.7. The Labute approximate surface area is 211 Å². The number of carbonyl (C=O) groups is 3. The van der Waals surface area contributed by atoms with Crippen molar-refractivity contribution in [3.05, 3.63) is 22.3 Å². The predicted molar refractivity (Wildman–Crippen MR) is 120 cm³/mol. The standard InChI is InChI=1S/C18H17B3F6N2O7S/c1-7(30)28-13-9(3-19)12(10(4-20)14(11(13)5-21)29-8(2)31)15(32)36-16(17(22,23)24,18(25,26)27)6-37(33,34)35/h3-6H2,1-2H3,(H,28,30)(H,29,31)(H,33,34,35). The maximum absolute atomic E-state index is 13.7. The van der Waals surface area contributed by atoms with Crippen molar-refractivity contribution in [2.24, 2.45) is 0 Å². The van der Waals surface area contributed by atoms with Crippen LogP contribution in [0.2, 0.25) is 0 Å². The molecule has 0 atom stereocenters. The molecule has 0 spiro atoms. The van der Waals surface area contributed by atoms with Crippen LogP contribution in [0, 0.1) is 0 Å². The minimum atomic E-state index is -6.61. The first-order valence-corrected chi connectivity index (χ1v) is 11.5. The minimum Gasteiger partial charge on any atom is -0.435 e. The first-order chi connectivity index (χ1) is 16.7. The third-order valence-corrected chi connectivity index (χ3v) is 5.57. The smallest absolute Gasteiger partial charge is 0.435 e. The number of hydrogen-bond acceptors (Lipinski definition) is 6. The average Bonchev–Trinajstić information content (AvgIpc) is 2.69. The minimum absolute atomic E-state index is 0.140. The molecule has 0 saturated carbocycles. The van der Waals surface area contributed by atoms with Crippen LogP contribution in [-0.2, 0) is 43.4 Å². The van der Waals surface area contributed by atoms with E-state index in [0.717, 1.165) is 13.8 Å². The van der Waals surface area contributed by atoms with Gasteiger partial charge in [0.2, 0.25) is 11.8 Å². The van der Waals surface area contributed by atoms with Crippen molar-refractivity contribution in [2.45, 2.75) is 50.8 Å². The number of rotatable bonds is 9. The van der Waals surface area contributed by atoms with Gasteiger partial charge in [-0.3, -0.25) is 14.1 Å². The third-order valence-electron chi connectivity index (χ3n) is 4.80. The lowest BCUT2D eigenvalue weighted by Crippen LogP contribution is -2.63. The van der Waals surface area contributed by atoms with E-state index in [1.807, 2.05) is 0 Å². The molecule has 2 amide bonds. The lowest BCUT2D eigenvalue weighted by molar-refractivity contribution is -0.356. The highest BCUT2D eigenvalue weighted by atomic mass is 32.2. The van der Waals surface area contributed by atoms with Crippen LogP contribution in [0.25, 0.3) is 0 Å². The van der Waals surface area contributed by atoms with Gasteiger partial charge in [-0.05, 0) is 16.7 Å². The zero-order valence-electron chi connectivity index (χ0n) is 19.1. The van der Waals surface area contributed by atoms with Crippen LogP contribution in [0.5, 0.6) is 0 Å². The van der Waals surface area contributed by atoms with Crippen LogP contribution in [-0.4, -0.2) is 78.0 Å². The second kappa shape index (κ2) is 11.4. The number of anilines is 2. The number of alkyl halides is 6. The number of benzene rings is 1. The summed E-state index contributed by atoms with van der Waals surface area (Å²) in [6.45, 7) is 1.91. The molecule has 3 N–H and O–H groups in total. The number of amides is 2. The molecule has 1 aromatic carbocycles. The van der Waals surface area contributed by atoms with Crippen LogP contribution in [0.15, 0.2) is 0 Å². The highest BCUT2D eigenvalue weighted by Gasteiger charge is 2.76. The molecule has 19 heteroatoms. The van der Waals surface area contributed by atoms with Crippen LogP contribution in [0.4, 0.5) is 37.7 Å². The first-order valence-electron chi connectivity index (χ1n) is 9.85. The highest BCUT2D eigenvalue weighted by Crippen LogP contribution is 2.48. The monoisotopic (exact) mass is 552 g/mol. The number of halogens is 6. The lowest BCUT2D eigenvalue weighted by atomic mass is 9.78. The summed E-state index contributed by atoms with van der Waals surface area (Å²) in [5.41, 5.74) is -9.06. The number of carbonyl (C=O) groups excluding carboxylic acids is 3. The fourth-order valence-electron chi connectivity index (χ4n) is 3.37. The quantitative estimate of drug-likeness (QED) is 0.183. The van der Waals surface area contributed by atoms with E-state index in [-0.39, 0.29) is 5.56 Å². The predicted octanol–water partition coefficient (Wildman–Crippen LogP) is 1.52. The second-order valence-corrected chi connectivity index (χ2v) is 8.93. The molecule has 0 aliphatic rings. The number of nitrogens with one attached hydrogen (secondary N) is 2. The molecule has 0 aliphatic carbocycles. The molecule has 0 heterocycles. The van der Waals surface area contributed by atoms with Crippen LogP contribution < -0.4 is 10.6 Å². The Morgan fingerprint density at radius 3 is 1.41 bits per heavy atom. The topological polar surface area (TPSA) is 139 Å². The molecule has 1 rings (SSSR count). The number of hydrogen-bond donors (Lipinski definition) is 3. The molecule has 0 aromatic heterocycles. The Kier molecular flexibility index (Phi) is 9.94. The van der Waals surface area contributed by atoms with Gasteiger partial charge in [0, 0.05) is 25.2 Å². The largest absolute Gasteiger partial charge is 0.438 e. The van der Waals surface area contributed by atoms with E-state index in [0.29, 0.717) is 0 Å². The Morgan fingerprint density at radius 2 is 1.16 bits per heavy atom. The summed E-state index contributed by atoms with van der Waals surface area (Å²) in [5.74, 6) is -7.25. The molecule has 6 radical (unpaired) electrons. The molecule has 0 saturated heterocycles. The van der Waals surface area contributed by atoms with E-state index in [2.05, 4.69) is 15.4 Å². The van der Waals surface area contributed by atoms with E-state index in [4.69, 9.17) is 28.1 Å². The SMILES string of the molecule is [B]Cc1c(NC(C)=O)c(C[B])c(C(=O)OC(CS(=O)(=O)O)(C(F)(F)F)C(F)(F)F)c(C[B])c1NC(C)=O. The molecule has 9 nitrogen and oxygen atoms in total. The van der Waals surface area contributed by atoms with Gasteiger partial charge in [0.1, 0.15) is 5.75 Å². The van der Waals surface area contributed by atoms with Crippen molar-refractivity contribution in [2.75, 3.05) is 16.4 Å². The summed E-state index contributed by atoms with van der Waals surface area (Å²) in [6, 6.07) is 0. The Balaban J connectivity index is 4.19. The van der Waals surface area contributed by atoms with Gasteiger partial charge in [-0.1, -0.05) is 19.0 Å². The lowest BCUT2D eigenvalue weighted by Gasteiger charge is -2.36. The molecule has 0 unspecified atom stereocenters. The molecule has 37 heavy (non-hydrogen) atoms. The summed E-state index contributed by atoms with van der Waals surface area (Å²) < 4.78 is 117. The summed E-state index contributed by atoms with van der Waals surface area (Å²) in [5, 5.41) is 4.37. The van der Waals surface area contributed by atoms with E-state index in [1.54, 1.807) is 0 Å². The van der Waals surface area contributed by atoms with Crippen molar-refractivity contribution in [3.63, 3.8) is 0 Å². The van der Waals surface area contributed by atoms with E-state index < -0.39 is 98.6 Å². The Hall–Kier alpha value is -2.69. The molecular weight excluding hydrogens is 535 g/mol. The van der Waals surface area contributed by atoms with Crippen molar-refractivity contribution in [1.82, 2.24) is 0 Å². The van der Waals surface area contributed by atoms with Gasteiger partial charge in [0.05, 0.1) is 29.1 Å². The number of ether oxygens (including phenoxy) is 1. The second-order valence-electron chi connectivity index (χ2n) is 7.47. The third kappa shape index (κ3) is 7.00. The van der Waals surface area contributed by atoms with Crippen molar-refractivity contribution >= 4 is 62.8 Å². The van der Waals surface area contributed by atoms with Crippen molar-refractivity contribution < 1.29 is 58.4 Å². The van der Waals surface area contributed by atoms with Gasteiger partial charge in [0.15, 0.2) is 0 Å². The summed E-state index contributed by atoms with van der Waals surface area (Å²) in [7, 11) is 10.8. The van der Waals surface area contributed by atoms with Crippen LogP contribution in [0.1, 0.15) is 40.9 Å². The average molecular weight is 552 g/mol. The summed E-state index contributed by atoms with van der Waals surface area (Å²) in [6.07, 6.45) is -15.4. The molecule has 0 aliphatic heterocycles.